The molecule has 5 heteroatoms. The fourth-order valence-electron chi connectivity index (χ4n) is 4.57. The Morgan fingerprint density at radius 2 is 2.08 bits per heavy atom. The van der Waals surface area contributed by atoms with Crippen molar-refractivity contribution in [1.82, 2.24) is 0 Å². The Labute approximate surface area is 168 Å². The Bertz CT molecular complexity index is 701. The summed E-state index contributed by atoms with van der Waals surface area (Å²) in [7, 11) is 6.30. The molecule has 1 aromatic carbocycles. The second kappa shape index (κ2) is 6.74. The van der Waals surface area contributed by atoms with E-state index in [1.807, 2.05) is 6.08 Å². The molecule has 0 saturated carbocycles. The Morgan fingerprint density at radius 3 is 2.76 bits per heavy atom. The number of quaternary nitrogens is 1. The van der Waals surface area contributed by atoms with Gasteiger partial charge in [-0.1, -0.05) is 19.6 Å². The van der Waals surface area contributed by atoms with E-state index in [4.69, 9.17) is 9.47 Å². The van der Waals surface area contributed by atoms with Gasteiger partial charge in [-0.25, -0.2) is 0 Å². The second-order valence-corrected chi connectivity index (χ2v) is 7.95. The number of aliphatic hydroxyl groups excluding tert-OH is 1. The van der Waals surface area contributed by atoms with Crippen molar-refractivity contribution < 1.29 is 43.0 Å². The van der Waals surface area contributed by atoms with Crippen LogP contribution in [0.1, 0.15) is 37.0 Å². The number of halogens is 1. The molecule has 0 bridgehead atoms. The van der Waals surface area contributed by atoms with Crippen LogP contribution in [0.4, 0.5) is 0 Å². The van der Waals surface area contributed by atoms with E-state index in [2.05, 4.69) is 33.2 Å². The first-order valence-corrected chi connectivity index (χ1v) is 8.43. The van der Waals surface area contributed by atoms with Gasteiger partial charge >= 0.3 is 0 Å². The SMILES string of the molecule is C.COc1cc(C)c2c3c1OC1C[C@@H](O)C=CC31CC[N+](C)(C)C2.[I-]. The molecule has 4 rings (SSSR count). The van der Waals surface area contributed by atoms with Crippen LogP contribution in [0.2, 0.25) is 0 Å². The maximum atomic E-state index is 10.1. The summed E-state index contributed by atoms with van der Waals surface area (Å²) in [6, 6.07) is 2.10. The van der Waals surface area contributed by atoms with Crippen LogP contribution in [0, 0.1) is 6.92 Å². The molecule has 0 fully saturated rings. The lowest BCUT2D eigenvalue weighted by Crippen LogP contribution is -3.00. The standard InChI is InChI=1S/C19H26NO3.CH4.HI/c1-12-9-15(22-4)18-17-14(12)11-20(2,3)8-7-19(17)6-5-13(21)10-16(19)23-18;;/h5-6,9,13,16,21H,7-8,10-11H2,1-4H3;1H4;1H/q+1;;/p-1/t13-,16?,19?;;/m0../s1. The fourth-order valence-corrected chi connectivity index (χ4v) is 4.57. The first-order chi connectivity index (χ1) is 10.9. The Morgan fingerprint density at radius 1 is 1.36 bits per heavy atom. The topological polar surface area (TPSA) is 38.7 Å². The summed E-state index contributed by atoms with van der Waals surface area (Å²) in [6.45, 7) is 4.27. The molecular weight excluding hydrogens is 429 g/mol. The van der Waals surface area contributed by atoms with Crippen LogP contribution in [-0.2, 0) is 12.0 Å². The zero-order valence-corrected chi connectivity index (χ0v) is 17.0. The molecule has 0 radical (unpaired) electrons. The van der Waals surface area contributed by atoms with Crippen molar-refractivity contribution in [2.75, 3.05) is 27.7 Å². The maximum absolute atomic E-state index is 10.1. The number of aliphatic hydroxyl groups is 1. The van der Waals surface area contributed by atoms with Crippen LogP contribution in [0.15, 0.2) is 18.2 Å². The number of benzene rings is 1. The Hall–Kier alpha value is -0.790. The van der Waals surface area contributed by atoms with Crippen molar-refractivity contribution >= 4 is 0 Å². The van der Waals surface area contributed by atoms with Gasteiger partial charge in [-0.2, -0.15) is 0 Å². The summed E-state index contributed by atoms with van der Waals surface area (Å²) < 4.78 is 12.9. The van der Waals surface area contributed by atoms with Gasteiger partial charge in [0.1, 0.15) is 12.6 Å². The lowest BCUT2D eigenvalue weighted by molar-refractivity contribution is -0.903. The highest BCUT2D eigenvalue weighted by molar-refractivity contribution is 5.62. The number of methoxy groups -OCH3 is 1. The van der Waals surface area contributed by atoms with Crippen LogP contribution in [0.3, 0.4) is 0 Å². The minimum atomic E-state index is -0.416. The highest BCUT2D eigenvalue weighted by atomic mass is 127. The molecule has 2 unspecified atom stereocenters. The molecule has 2 heterocycles. The lowest BCUT2D eigenvalue weighted by Gasteiger charge is -2.36. The van der Waals surface area contributed by atoms with E-state index < -0.39 is 6.10 Å². The number of aryl methyl sites for hydroxylation is 1. The number of hydrogen-bond acceptors (Lipinski definition) is 3. The Kier molecular flexibility index (Phi) is 5.53. The van der Waals surface area contributed by atoms with Gasteiger partial charge < -0.3 is 43.0 Å². The molecule has 1 aromatic rings. The molecule has 3 atom stereocenters. The smallest absolute Gasteiger partial charge is 0.166 e. The lowest BCUT2D eigenvalue weighted by atomic mass is 9.68. The van der Waals surface area contributed by atoms with E-state index in [-0.39, 0.29) is 42.9 Å². The van der Waals surface area contributed by atoms with Gasteiger partial charge in [-0.15, -0.1) is 0 Å². The third-order valence-electron chi connectivity index (χ3n) is 5.88. The van der Waals surface area contributed by atoms with Crippen LogP contribution in [-0.4, -0.2) is 49.5 Å². The summed E-state index contributed by atoms with van der Waals surface area (Å²) in [5.41, 5.74) is 3.87. The molecule has 25 heavy (non-hydrogen) atoms. The minimum Gasteiger partial charge on any atom is -1.00 e. The van der Waals surface area contributed by atoms with Crippen molar-refractivity contribution in [3.8, 4) is 11.5 Å². The van der Waals surface area contributed by atoms with Crippen molar-refractivity contribution in [3.63, 3.8) is 0 Å². The van der Waals surface area contributed by atoms with E-state index in [1.165, 1.54) is 16.7 Å². The van der Waals surface area contributed by atoms with E-state index in [0.717, 1.165) is 35.5 Å². The highest BCUT2D eigenvalue weighted by Crippen LogP contribution is 2.56. The molecule has 1 spiro atoms. The van der Waals surface area contributed by atoms with E-state index in [0.29, 0.717) is 6.42 Å². The highest BCUT2D eigenvalue weighted by Gasteiger charge is 2.54. The Balaban J connectivity index is 0.00000113. The van der Waals surface area contributed by atoms with Crippen molar-refractivity contribution in [2.45, 2.75) is 51.4 Å². The molecule has 3 aliphatic rings. The minimum absolute atomic E-state index is 0. The van der Waals surface area contributed by atoms with E-state index in [1.54, 1.807) is 7.11 Å². The molecule has 1 aliphatic carbocycles. The predicted octanol–water partition coefficient (Wildman–Crippen LogP) is -0.0566. The van der Waals surface area contributed by atoms with Gasteiger partial charge in [0, 0.05) is 24.0 Å². The van der Waals surface area contributed by atoms with Gasteiger partial charge in [-0.3, -0.25) is 0 Å². The largest absolute Gasteiger partial charge is 1.00 e. The molecule has 4 nitrogen and oxygen atoms in total. The third kappa shape index (κ3) is 2.98. The number of hydrogen-bond donors (Lipinski definition) is 1. The number of rotatable bonds is 1. The molecule has 0 amide bonds. The normalized spacial score (nSPS) is 30.8. The first kappa shape index (κ1) is 20.5. The summed E-state index contributed by atoms with van der Waals surface area (Å²) in [6.07, 6.45) is 5.46. The number of nitrogens with zero attached hydrogens (tertiary/aromatic N) is 1. The zero-order valence-electron chi connectivity index (χ0n) is 14.8. The van der Waals surface area contributed by atoms with Gasteiger partial charge in [0.05, 0.1) is 39.3 Å². The van der Waals surface area contributed by atoms with E-state index in [9.17, 15) is 5.11 Å². The first-order valence-electron chi connectivity index (χ1n) is 8.43. The van der Waals surface area contributed by atoms with Crippen LogP contribution < -0.4 is 33.5 Å². The zero-order chi connectivity index (χ0) is 16.4. The van der Waals surface area contributed by atoms with Crippen molar-refractivity contribution in [3.05, 3.63) is 34.9 Å². The second-order valence-electron chi connectivity index (χ2n) is 7.95. The summed E-state index contributed by atoms with van der Waals surface area (Å²) in [5, 5.41) is 10.1. The van der Waals surface area contributed by atoms with Gasteiger partial charge in [-0.05, 0) is 18.6 Å². The molecule has 2 aliphatic heterocycles. The van der Waals surface area contributed by atoms with Gasteiger partial charge in [0.15, 0.2) is 11.5 Å². The van der Waals surface area contributed by atoms with Gasteiger partial charge in [0.25, 0.3) is 0 Å². The van der Waals surface area contributed by atoms with Crippen molar-refractivity contribution in [1.29, 1.82) is 0 Å². The monoisotopic (exact) mass is 459 g/mol. The quantitative estimate of drug-likeness (QED) is 0.364. The molecule has 1 N–H and O–H groups in total. The molecule has 0 aromatic heterocycles. The average molecular weight is 459 g/mol. The summed E-state index contributed by atoms with van der Waals surface area (Å²) in [4.78, 5) is 0. The maximum Gasteiger partial charge on any atom is 0.166 e. The third-order valence-corrected chi connectivity index (χ3v) is 5.88. The summed E-state index contributed by atoms with van der Waals surface area (Å²) >= 11 is 0. The average Bonchev–Trinajstić information content (AvgIpc) is 2.76. The fraction of sp³-hybridized carbons (Fsp3) is 0.600. The summed E-state index contributed by atoms with van der Waals surface area (Å²) in [5.74, 6) is 1.73. The number of ether oxygens (including phenoxy) is 2. The predicted molar refractivity (Wildman–Crippen MR) is 95.6 cm³/mol. The van der Waals surface area contributed by atoms with Crippen LogP contribution in [0.5, 0.6) is 11.5 Å². The molecule has 0 saturated heterocycles. The van der Waals surface area contributed by atoms with Gasteiger partial charge in [0.2, 0.25) is 0 Å². The van der Waals surface area contributed by atoms with Crippen LogP contribution >= 0.6 is 0 Å². The van der Waals surface area contributed by atoms with Crippen LogP contribution in [0.25, 0.3) is 0 Å². The van der Waals surface area contributed by atoms with Crippen molar-refractivity contribution in [2.24, 2.45) is 0 Å². The van der Waals surface area contributed by atoms with E-state index >= 15 is 0 Å². The molecule has 140 valence electrons. The molecular formula is C20H30INO3.